The fourth-order valence-corrected chi connectivity index (χ4v) is 1.37. The maximum absolute atomic E-state index is 8.04. The summed E-state index contributed by atoms with van der Waals surface area (Å²) in [5, 5.41) is 3.48. The molecule has 2 unspecified atom stereocenters. The number of rotatable bonds is 2. The SMILES string of the molecule is [N-]=[N+]=NCC12CN1CCO2. The van der Waals surface area contributed by atoms with Crippen molar-refractivity contribution < 1.29 is 4.74 Å². The van der Waals surface area contributed by atoms with Gasteiger partial charge in [0.25, 0.3) is 0 Å². The maximum Gasteiger partial charge on any atom is 0.140 e. The lowest BCUT2D eigenvalue weighted by Gasteiger charge is -2.04. The Morgan fingerprint density at radius 1 is 1.80 bits per heavy atom. The fourth-order valence-electron chi connectivity index (χ4n) is 1.37. The smallest absolute Gasteiger partial charge is 0.140 e. The zero-order valence-corrected chi connectivity index (χ0v) is 5.53. The Balaban J connectivity index is 1.98. The van der Waals surface area contributed by atoms with Gasteiger partial charge in [0, 0.05) is 18.0 Å². The van der Waals surface area contributed by atoms with Crippen LogP contribution in [0.4, 0.5) is 0 Å². The lowest BCUT2D eigenvalue weighted by molar-refractivity contribution is 0.0682. The van der Waals surface area contributed by atoms with Gasteiger partial charge in [-0.3, -0.25) is 4.90 Å². The van der Waals surface area contributed by atoms with E-state index in [0.29, 0.717) is 6.54 Å². The largest absolute Gasteiger partial charge is 0.358 e. The predicted molar refractivity (Wildman–Crippen MR) is 34.3 cm³/mol. The molecule has 0 spiro atoms. The molecule has 0 saturated carbocycles. The monoisotopic (exact) mass is 140 g/mol. The Kier molecular flexibility index (Phi) is 1.11. The second-order valence-electron chi connectivity index (χ2n) is 2.61. The van der Waals surface area contributed by atoms with Crippen LogP contribution in [0.1, 0.15) is 0 Å². The Hall–Kier alpha value is -0.770. The molecule has 2 atom stereocenters. The van der Waals surface area contributed by atoms with Crippen molar-refractivity contribution in [3.8, 4) is 0 Å². The van der Waals surface area contributed by atoms with Crippen LogP contribution in [0.2, 0.25) is 0 Å². The average molecular weight is 140 g/mol. The van der Waals surface area contributed by atoms with Crippen molar-refractivity contribution >= 4 is 0 Å². The fraction of sp³-hybridized carbons (Fsp3) is 1.00. The van der Waals surface area contributed by atoms with Gasteiger partial charge in [-0.05, 0) is 5.53 Å². The van der Waals surface area contributed by atoms with E-state index in [1.807, 2.05) is 0 Å². The van der Waals surface area contributed by atoms with Gasteiger partial charge in [0.2, 0.25) is 0 Å². The third kappa shape index (κ3) is 0.686. The van der Waals surface area contributed by atoms with Gasteiger partial charge in [0.15, 0.2) is 0 Å². The summed E-state index contributed by atoms with van der Waals surface area (Å²) in [6.45, 7) is 3.16. The van der Waals surface area contributed by atoms with Crippen LogP contribution in [0.3, 0.4) is 0 Å². The van der Waals surface area contributed by atoms with Crippen molar-refractivity contribution in [1.82, 2.24) is 4.90 Å². The molecule has 0 aromatic carbocycles. The third-order valence-electron chi connectivity index (χ3n) is 2.02. The number of fused-ring (bicyclic) bond motifs is 1. The highest BCUT2D eigenvalue weighted by atomic mass is 16.5. The number of hydrogen-bond acceptors (Lipinski definition) is 3. The minimum atomic E-state index is -0.174. The molecule has 0 radical (unpaired) electrons. The predicted octanol–water partition coefficient (Wildman–Crippen LogP) is 0.339. The summed E-state index contributed by atoms with van der Waals surface area (Å²) in [6.07, 6.45) is 0. The quantitative estimate of drug-likeness (QED) is 0.240. The van der Waals surface area contributed by atoms with Crippen LogP contribution in [-0.4, -0.2) is 36.9 Å². The Morgan fingerprint density at radius 3 is 3.20 bits per heavy atom. The van der Waals surface area contributed by atoms with Crippen molar-refractivity contribution in [3.63, 3.8) is 0 Å². The van der Waals surface area contributed by atoms with Crippen molar-refractivity contribution in [2.45, 2.75) is 5.72 Å². The van der Waals surface area contributed by atoms with Crippen LogP contribution >= 0.6 is 0 Å². The van der Waals surface area contributed by atoms with Gasteiger partial charge in [-0.25, -0.2) is 0 Å². The van der Waals surface area contributed by atoms with E-state index in [4.69, 9.17) is 10.3 Å². The number of ether oxygens (including phenoxy) is 1. The van der Waals surface area contributed by atoms with E-state index in [2.05, 4.69) is 14.9 Å². The molecular formula is C5H8N4O. The molecule has 2 aliphatic rings. The van der Waals surface area contributed by atoms with Gasteiger partial charge in [0.1, 0.15) is 5.72 Å². The first-order chi connectivity index (χ1) is 4.87. The lowest BCUT2D eigenvalue weighted by Crippen LogP contribution is -2.18. The molecule has 54 valence electrons. The molecule has 5 heteroatoms. The van der Waals surface area contributed by atoms with Crippen LogP contribution in [0, 0.1) is 0 Å². The van der Waals surface area contributed by atoms with Gasteiger partial charge in [0.05, 0.1) is 13.2 Å². The molecule has 2 aliphatic heterocycles. The number of azide groups is 1. The summed E-state index contributed by atoms with van der Waals surface area (Å²) in [5.41, 5.74) is 7.87. The standard InChI is InChI=1S/C5H8N4O/c6-8-7-3-5-4-9(5)1-2-10-5/h1-4H2. The van der Waals surface area contributed by atoms with Crippen LogP contribution in [0.25, 0.3) is 10.4 Å². The van der Waals surface area contributed by atoms with E-state index in [-0.39, 0.29) is 5.72 Å². The molecule has 0 N–H and O–H groups in total. The van der Waals surface area contributed by atoms with Gasteiger partial charge in [-0.2, -0.15) is 0 Å². The molecule has 2 heterocycles. The second kappa shape index (κ2) is 1.85. The first-order valence-electron chi connectivity index (χ1n) is 3.27. The van der Waals surface area contributed by atoms with E-state index in [1.165, 1.54) is 0 Å². The highest BCUT2D eigenvalue weighted by Gasteiger charge is 2.56. The molecule has 2 rings (SSSR count). The minimum Gasteiger partial charge on any atom is -0.358 e. The highest BCUT2D eigenvalue weighted by Crippen LogP contribution is 2.37. The van der Waals surface area contributed by atoms with Gasteiger partial charge < -0.3 is 4.74 Å². The molecular weight excluding hydrogens is 132 g/mol. The van der Waals surface area contributed by atoms with Crippen molar-refractivity contribution in [1.29, 1.82) is 0 Å². The molecule has 0 aromatic rings. The molecule has 0 bridgehead atoms. The van der Waals surface area contributed by atoms with E-state index >= 15 is 0 Å². The number of nitrogens with zero attached hydrogens (tertiary/aromatic N) is 4. The summed E-state index contributed by atoms with van der Waals surface area (Å²) in [6, 6.07) is 0. The van der Waals surface area contributed by atoms with Gasteiger partial charge in [-0.1, -0.05) is 5.11 Å². The van der Waals surface area contributed by atoms with Crippen LogP contribution in [-0.2, 0) is 4.74 Å². The first-order valence-corrected chi connectivity index (χ1v) is 3.27. The summed E-state index contributed by atoms with van der Waals surface area (Å²) in [4.78, 5) is 4.86. The number of hydrogen-bond donors (Lipinski definition) is 0. The Labute approximate surface area is 58.2 Å². The Bertz CT molecular complexity index is 200. The summed E-state index contributed by atoms with van der Waals surface area (Å²) in [7, 11) is 0. The summed E-state index contributed by atoms with van der Waals surface area (Å²) < 4.78 is 5.38. The second-order valence-corrected chi connectivity index (χ2v) is 2.61. The molecule has 2 fully saturated rings. The van der Waals surface area contributed by atoms with E-state index in [1.54, 1.807) is 0 Å². The Morgan fingerprint density at radius 2 is 2.70 bits per heavy atom. The average Bonchev–Trinajstić information content (AvgIpc) is 2.51. The minimum absolute atomic E-state index is 0.174. The molecule has 2 saturated heterocycles. The number of morpholine rings is 1. The van der Waals surface area contributed by atoms with E-state index in [0.717, 1.165) is 19.7 Å². The van der Waals surface area contributed by atoms with E-state index in [9.17, 15) is 0 Å². The highest BCUT2D eigenvalue weighted by molar-refractivity contribution is 5.04. The summed E-state index contributed by atoms with van der Waals surface area (Å²) in [5.74, 6) is 0. The van der Waals surface area contributed by atoms with Crippen molar-refractivity contribution in [2.24, 2.45) is 5.11 Å². The first kappa shape index (κ1) is 5.97. The van der Waals surface area contributed by atoms with E-state index < -0.39 is 0 Å². The topological polar surface area (TPSA) is 61.0 Å². The van der Waals surface area contributed by atoms with Crippen molar-refractivity contribution in [3.05, 3.63) is 10.4 Å². The zero-order valence-electron chi connectivity index (χ0n) is 5.53. The molecule has 0 aromatic heterocycles. The molecule has 10 heavy (non-hydrogen) atoms. The van der Waals surface area contributed by atoms with Gasteiger partial charge >= 0.3 is 0 Å². The van der Waals surface area contributed by atoms with Crippen molar-refractivity contribution in [2.75, 3.05) is 26.2 Å². The normalized spacial score (nSPS) is 42.2. The maximum atomic E-state index is 8.04. The third-order valence-corrected chi connectivity index (χ3v) is 2.02. The van der Waals surface area contributed by atoms with Crippen LogP contribution < -0.4 is 0 Å². The lowest BCUT2D eigenvalue weighted by atomic mass is 10.4. The molecule has 5 nitrogen and oxygen atoms in total. The zero-order chi connectivity index (χ0) is 7.03. The molecule has 0 amide bonds. The molecule has 0 aliphatic carbocycles. The summed E-state index contributed by atoms with van der Waals surface area (Å²) >= 11 is 0. The van der Waals surface area contributed by atoms with Gasteiger partial charge in [-0.15, -0.1) is 0 Å². The van der Waals surface area contributed by atoms with Crippen LogP contribution in [0.5, 0.6) is 0 Å². The van der Waals surface area contributed by atoms with Crippen LogP contribution in [0.15, 0.2) is 5.11 Å².